The fourth-order valence-corrected chi connectivity index (χ4v) is 1.88. The van der Waals surface area contributed by atoms with E-state index in [1.165, 1.54) is 0 Å². The van der Waals surface area contributed by atoms with Crippen molar-refractivity contribution in [2.75, 3.05) is 13.1 Å². The van der Waals surface area contributed by atoms with E-state index < -0.39 is 5.60 Å². The molecular formula is C9H17Cl2N3O. The van der Waals surface area contributed by atoms with Gasteiger partial charge in [-0.3, -0.25) is 0 Å². The molecule has 0 atom stereocenters. The Kier molecular flexibility index (Phi) is 5.59. The molecule has 1 aromatic rings. The van der Waals surface area contributed by atoms with Gasteiger partial charge in [0.25, 0.3) is 0 Å². The van der Waals surface area contributed by atoms with Crippen molar-refractivity contribution in [2.45, 2.75) is 18.4 Å². The molecule has 0 aliphatic carbocycles. The number of nitrogens with zero attached hydrogens (tertiary/aromatic N) is 2. The first kappa shape index (κ1) is 14.7. The number of imidazole rings is 1. The fraction of sp³-hybridized carbons (Fsp3) is 0.667. The lowest BCUT2D eigenvalue weighted by molar-refractivity contribution is -0.00480. The van der Waals surface area contributed by atoms with Crippen LogP contribution >= 0.6 is 24.8 Å². The van der Waals surface area contributed by atoms with E-state index in [4.69, 9.17) is 0 Å². The van der Waals surface area contributed by atoms with Crippen molar-refractivity contribution in [1.82, 2.24) is 14.9 Å². The first-order valence-electron chi connectivity index (χ1n) is 4.63. The van der Waals surface area contributed by atoms with E-state index >= 15 is 0 Å². The Bertz CT molecular complexity index is 297. The minimum atomic E-state index is -0.719. The van der Waals surface area contributed by atoms with Gasteiger partial charge < -0.3 is 15.0 Å². The lowest BCUT2D eigenvalue weighted by atomic mass is 9.91. The molecule has 1 aliphatic rings. The highest BCUT2D eigenvalue weighted by molar-refractivity contribution is 5.85. The Hall–Kier alpha value is -0.290. The Balaban J connectivity index is 0.000000980. The average molecular weight is 254 g/mol. The van der Waals surface area contributed by atoms with Gasteiger partial charge in [-0.1, -0.05) is 0 Å². The van der Waals surface area contributed by atoms with Crippen LogP contribution in [0.2, 0.25) is 0 Å². The molecule has 0 bridgehead atoms. The molecule has 0 unspecified atom stereocenters. The highest BCUT2D eigenvalue weighted by Crippen LogP contribution is 2.28. The van der Waals surface area contributed by atoms with E-state index in [1.807, 2.05) is 17.8 Å². The average Bonchev–Trinajstić information content (AvgIpc) is 2.53. The molecule has 1 aliphatic heterocycles. The van der Waals surface area contributed by atoms with Crippen LogP contribution in [0.25, 0.3) is 0 Å². The van der Waals surface area contributed by atoms with Crippen LogP contribution < -0.4 is 5.32 Å². The van der Waals surface area contributed by atoms with Crippen molar-refractivity contribution in [3.05, 3.63) is 18.2 Å². The van der Waals surface area contributed by atoms with Gasteiger partial charge in [-0.05, 0) is 25.9 Å². The third-order valence-electron chi connectivity index (χ3n) is 2.67. The summed E-state index contributed by atoms with van der Waals surface area (Å²) in [7, 11) is 1.92. The van der Waals surface area contributed by atoms with Crippen LogP contribution in [0.5, 0.6) is 0 Å². The molecule has 2 rings (SSSR count). The summed E-state index contributed by atoms with van der Waals surface area (Å²) in [6.45, 7) is 1.73. The number of aryl methyl sites for hydroxylation is 1. The normalized spacial score (nSPS) is 18.8. The van der Waals surface area contributed by atoms with Gasteiger partial charge >= 0.3 is 0 Å². The molecule has 4 nitrogen and oxygen atoms in total. The van der Waals surface area contributed by atoms with Crippen LogP contribution in [-0.4, -0.2) is 27.7 Å². The zero-order chi connectivity index (χ0) is 9.31. The summed E-state index contributed by atoms with van der Waals surface area (Å²) < 4.78 is 1.89. The minimum absolute atomic E-state index is 0. The summed E-state index contributed by atoms with van der Waals surface area (Å²) in [5.41, 5.74) is -0.719. The van der Waals surface area contributed by atoms with Gasteiger partial charge in [-0.2, -0.15) is 0 Å². The van der Waals surface area contributed by atoms with Crippen LogP contribution in [0.15, 0.2) is 12.4 Å². The Morgan fingerprint density at radius 2 is 2.00 bits per heavy atom. The van der Waals surface area contributed by atoms with Crippen LogP contribution in [0, 0.1) is 0 Å². The predicted molar refractivity (Wildman–Crippen MR) is 63.7 cm³/mol. The Morgan fingerprint density at radius 3 is 2.47 bits per heavy atom. The fourth-order valence-electron chi connectivity index (χ4n) is 1.88. The van der Waals surface area contributed by atoms with Crippen molar-refractivity contribution >= 4 is 24.8 Å². The molecule has 2 heterocycles. The van der Waals surface area contributed by atoms with E-state index in [0.717, 1.165) is 31.8 Å². The molecule has 1 aromatic heterocycles. The molecule has 2 N–H and O–H groups in total. The molecule has 0 saturated carbocycles. The summed E-state index contributed by atoms with van der Waals surface area (Å²) in [5.74, 6) is 0.786. The van der Waals surface area contributed by atoms with E-state index in [1.54, 1.807) is 6.20 Å². The van der Waals surface area contributed by atoms with Crippen LogP contribution in [0.1, 0.15) is 18.7 Å². The van der Waals surface area contributed by atoms with Crippen LogP contribution in [0.4, 0.5) is 0 Å². The number of piperidine rings is 1. The van der Waals surface area contributed by atoms with Crippen molar-refractivity contribution in [2.24, 2.45) is 7.05 Å². The maximum absolute atomic E-state index is 10.3. The highest BCUT2D eigenvalue weighted by atomic mass is 35.5. The summed E-state index contributed by atoms with van der Waals surface area (Å²) in [6.07, 6.45) is 5.10. The SMILES string of the molecule is Cl.Cl.Cn1ccnc1C1(O)CCNCC1. The quantitative estimate of drug-likeness (QED) is 0.780. The standard InChI is InChI=1S/C9H15N3O.2ClH/c1-12-7-6-11-8(12)9(13)2-4-10-5-3-9;;/h6-7,10,13H,2-5H2,1H3;2*1H. The van der Waals surface area contributed by atoms with Crippen molar-refractivity contribution in [1.29, 1.82) is 0 Å². The lowest BCUT2D eigenvalue weighted by Crippen LogP contribution is -2.41. The number of nitrogens with one attached hydrogen (secondary N) is 1. The van der Waals surface area contributed by atoms with Gasteiger partial charge in [0.15, 0.2) is 0 Å². The molecule has 6 heteroatoms. The van der Waals surface area contributed by atoms with E-state index in [9.17, 15) is 5.11 Å². The third-order valence-corrected chi connectivity index (χ3v) is 2.67. The Labute approximate surface area is 102 Å². The number of aliphatic hydroxyl groups is 1. The van der Waals surface area contributed by atoms with E-state index in [0.29, 0.717) is 0 Å². The van der Waals surface area contributed by atoms with Crippen molar-refractivity contribution < 1.29 is 5.11 Å². The first-order chi connectivity index (χ1) is 6.22. The number of hydrogen-bond acceptors (Lipinski definition) is 3. The lowest BCUT2D eigenvalue weighted by Gasteiger charge is -2.31. The number of halogens is 2. The van der Waals surface area contributed by atoms with Crippen molar-refractivity contribution in [3.8, 4) is 0 Å². The molecular weight excluding hydrogens is 237 g/mol. The molecule has 1 saturated heterocycles. The molecule has 0 radical (unpaired) electrons. The number of rotatable bonds is 1. The zero-order valence-corrected chi connectivity index (χ0v) is 10.3. The maximum atomic E-state index is 10.3. The summed E-state index contributed by atoms with van der Waals surface area (Å²) in [6, 6.07) is 0. The van der Waals surface area contributed by atoms with Gasteiger partial charge in [0.1, 0.15) is 11.4 Å². The van der Waals surface area contributed by atoms with Gasteiger partial charge in [-0.25, -0.2) is 4.98 Å². The largest absolute Gasteiger partial charge is 0.382 e. The second-order valence-electron chi connectivity index (χ2n) is 3.64. The smallest absolute Gasteiger partial charge is 0.140 e. The molecule has 1 fully saturated rings. The topological polar surface area (TPSA) is 50.1 Å². The summed E-state index contributed by atoms with van der Waals surface area (Å²) >= 11 is 0. The van der Waals surface area contributed by atoms with Gasteiger partial charge in [0.05, 0.1) is 0 Å². The molecule has 15 heavy (non-hydrogen) atoms. The first-order valence-corrected chi connectivity index (χ1v) is 4.63. The third kappa shape index (κ3) is 2.84. The minimum Gasteiger partial charge on any atom is -0.382 e. The number of aromatic nitrogens is 2. The van der Waals surface area contributed by atoms with Crippen molar-refractivity contribution in [3.63, 3.8) is 0 Å². The highest BCUT2D eigenvalue weighted by Gasteiger charge is 2.34. The molecule has 0 amide bonds. The van der Waals surface area contributed by atoms with Crippen LogP contribution in [0.3, 0.4) is 0 Å². The second-order valence-corrected chi connectivity index (χ2v) is 3.64. The molecule has 0 aromatic carbocycles. The van der Waals surface area contributed by atoms with Gasteiger partial charge in [0, 0.05) is 19.4 Å². The maximum Gasteiger partial charge on any atom is 0.140 e. The van der Waals surface area contributed by atoms with Gasteiger partial charge in [0.2, 0.25) is 0 Å². The summed E-state index contributed by atoms with van der Waals surface area (Å²) in [5, 5.41) is 13.5. The zero-order valence-electron chi connectivity index (χ0n) is 8.64. The van der Waals surface area contributed by atoms with Gasteiger partial charge in [-0.15, -0.1) is 24.8 Å². The van der Waals surface area contributed by atoms with Crippen LogP contribution in [-0.2, 0) is 12.6 Å². The Morgan fingerprint density at radius 1 is 1.40 bits per heavy atom. The second kappa shape index (κ2) is 5.70. The molecule has 88 valence electrons. The monoisotopic (exact) mass is 253 g/mol. The predicted octanol–water partition coefficient (Wildman–Crippen LogP) is 0.835. The van der Waals surface area contributed by atoms with E-state index in [2.05, 4.69) is 10.3 Å². The summed E-state index contributed by atoms with van der Waals surface area (Å²) in [4.78, 5) is 4.20. The van der Waals surface area contributed by atoms with E-state index in [-0.39, 0.29) is 24.8 Å². The molecule has 0 spiro atoms. The number of hydrogen-bond donors (Lipinski definition) is 2.